The maximum absolute atomic E-state index is 15.8. The van der Waals surface area contributed by atoms with E-state index < -0.39 is 23.3 Å². The van der Waals surface area contributed by atoms with E-state index in [-0.39, 0.29) is 39.4 Å². The SMILES string of the molecule is Fc1ccc2cccc(-c3ncc4c(Cl)nc(OC[C@@]56CCCN5C[C@H](F)C6)nc4c3F)c2c1Cl. The number of hydrogen-bond acceptors (Lipinski definition) is 5. The van der Waals surface area contributed by atoms with E-state index in [2.05, 4.69) is 19.9 Å². The molecule has 2 aromatic heterocycles. The number of halogens is 5. The second-order valence-electron chi connectivity index (χ2n) is 9.11. The van der Waals surface area contributed by atoms with Crippen LogP contribution in [0, 0.1) is 11.6 Å². The smallest absolute Gasteiger partial charge is 0.318 e. The van der Waals surface area contributed by atoms with Crippen molar-refractivity contribution >= 4 is 44.9 Å². The Kier molecular flexibility index (Phi) is 5.51. The number of ether oxygens (including phenoxy) is 1. The van der Waals surface area contributed by atoms with Crippen molar-refractivity contribution in [1.82, 2.24) is 19.9 Å². The molecule has 10 heteroatoms. The Hall–Kier alpha value is -2.68. The van der Waals surface area contributed by atoms with E-state index in [4.69, 9.17) is 27.9 Å². The third kappa shape index (κ3) is 3.70. The molecule has 2 aliphatic heterocycles. The summed E-state index contributed by atoms with van der Waals surface area (Å²) < 4.78 is 50.0. The molecule has 5 nitrogen and oxygen atoms in total. The quantitative estimate of drug-likeness (QED) is 0.293. The molecule has 0 N–H and O–H groups in total. The van der Waals surface area contributed by atoms with Crippen LogP contribution in [-0.2, 0) is 0 Å². The first-order chi connectivity index (χ1) is 16.9. The van der Waals surface area contributed by atoms with E-state index in [1.807, 2.05) is 0 Å². The van der Waals surface area contributed by atoms with Crippen LogP contribution in [0.2, 0.25) is 10.2 Å². The fourth-order valence-corrected chi connectivity index (χ4v) is 5.89. The highest BCUT2D eigenvalue weighted by Gasteiger charge is 2.49. The number of benzene rings is 2. The molecule has 4 heterocycles. The van der Waals surface area contributed by atoms with Crippen LogP contribution in [0.1, 0.15) is 19.3 Å². The molecule has 2 atom stereocenters. The summed E-state index contributed by atoms with van der Waals surface area (Å²) in [5, 5.41) is 1.07. The summed E-state index contributed by atoms with van der Waals surface area (Å²) in [4.78, 5) is 14.8. The number of hydrogen-bond donors (Lipinski definition) is 0. The molecule has 35 heavy (non-hydrogen) atoms. The predicted molar refractivity (Wildman–Crippen MR) is 129 cm³/mol. The number of aromatic nitrogens is 3. The zero-order valence-corrected chi connectivity index (χ0v) is 19.9. The van der Waals surface area contributed by atoms with E-state index in [0.717, 1.165) is 19.4 Å². The molecule has 0 radical (unpaired) electrons. The lowest BCUT2D eigenvalue weighted by Gasteiger charge is -2.30. The second kappa shape index (κ2) is 8.47. The van der Waals surface area contributed by atoms with Crippen LogP contribution in [0.5, 0.6) is 6.01 Å². The van der Waals surface area contributed by atoms with Gasteiger partial charge < -0.3 is 4.74 Å². The van der Waals surface area contributed by atoms with E-state index >= 15 is 4.39 Å². The van der Waals surface area contributed by atoms with Crippen LogP contribution in [0.15, 0.2) is 36.5 Å². The normalized spacial score (nSPS) is 22.3. The van der Waals surface area contributed by atoms with Gasteiger partial charge in [-0.2, -0.15) is 9.97 Å². The number of alkyl halides is 1. The second-order valence-corrected chi connectivity index (χ2v) is 9.85. The fraction of sp³-hybridized carbons (Fsp3) is 0.320. The maximum atomic E-state index is 15.8. The molecule has 0 saturated carbocycles. The summed E-state index contributed by atoms with van der Waals surface area (Å²) in [7, 11) is 0. The van der Waals surface area contributed by atoms with Gasteiger partial charge in [0.2, 0.25) is 0 Å². The van der Waals surface area contributed by atoms with Crippen molar-refractivity contribution in [3.8, 4) is 17.3 Å². The Morgan fingerprint density at radius 2 is 2.00 bits per heavy atom. The topological polar surface area (TPSA) is 51.1 Å². The summed E-state index contributed by atoms with van der Waals surface area (Å²) in [6.07, 6.45) is 2.63. The highest BCUT2D eigenvalue weighted by atomic mass is 35.5. The van der Waals surface area contributed by atoms with Gasteiger partial charge in [-0.3, -0.25) is 9.88 Å². The van der Waals surface area contributed by atoms with Gasteiger partial charge in [-0.05, 0) is 30.8 Å². The van der Waals surface area contributed by atoms with Crippen molar-refractivity contribution < 1.29 is 17.9 Å². The van der Waals surface area contributed by atoms with Gasteiger partial charge in [0.25, 0.3) is 0 Å². The number of pyridine rings is 1. The third-order valence-electron chi connectivity index (χ3n) is 7.04. The highest BCUT2D eigenvalue weighted by Crippen LogP contribution is 2.41. The fourth-order valence-electron chi connectivity index (χ4n) is 5.41. The van der Waals surface area contributed by atoms with Crippen LogP contribution in [0.25, 0.3) is 32.9 Å². The molecule has 2 aliphatic rings. The number of fused-ring (bicyclic) bond motifs is 3. The average molecular weight is 519 g/mol. The van der Waals surface area contributed by atoms with Gasteiger partial charge in [0.05, 0.1) is 15.9 Å². The van der Waals surface area contributed by atoms with E-state index in [1.54, 1.807) is 24.3 Å². The van der Waals surface area contributed by atoms with Crippen molar-refractivity contribution in [3.63, 3.8) is 0 Å². The predicted octanol–water partition coefficient (Wildman–Crippen LogP) is 6.39. The molecule has 2 saturated heterocycles. The van der Waals surface area contributed by atoms with Crippen molar-refractivity contribution in [2.45, 2.75) is 31.0 Å². The first-order valence-corrected chi connectivity index (χ1v) is 12.0. The molecular formula is C25H19Cl2F3N4O. The first-order valence-electron chi connectivity index (χ1n) is 11.3. The highest BCUT2D eigenvalue weighted by molar-refractivity contribution is 6.37. The molecule has 0 spiro atoms. The lowest BCUT2D eigenvalue weighted by atomic mass is 9.95. The van der Waals surface area contributed by atoms with Crippen molar-refractivity contribution in [2.24, 2.45) is 0 Å². The first kappa shape index (κ1) is 22.8. The van der Waals surface area contributed by atoms with Gasteiger partial charge in [0.1, 0.15) is 35.0 Å². The Labute approximate surface area is 208 Å². The van der Waals surface area contributed by atoms with Crippen LogP contribution < -0.4 is 4.74 Å². The molecule has 4 aromatic rings. The van der Waals surface area contributed by atoms with E-state index in [1.165, 1.54) is 12.3 Å². The Morgan fingerprint density at radius 3 is 2.86 bits per heavy atom. The molecule has 180 valence electrons. The van der Waals surface area contributed by atoms with Crippen LogP contribution in [0.3, 0.4) is 0 Å². The molecule has 0 bridgehead atoms. The number of nitrogens with zero attached hydrogens (tertiary/aromatic N) is 4. The minimum atomic E-state index is -0.900. The average Bonchev–Trinajstić information content (AvgIpc) is 3.36. The van der Waals surface area contributed by atoms with Gasteiger partial charge in [-0.15, -0.1) is 0 Å². The Morgan fingerprint density at radius 1 is 1.14 bits per heavy atom. The van der Waals surface area contributed by atoms with E-state index in [0.29, 0.717) is 29.3 Å². The summed E-state index contributed by atoms with van der Waals surface area (Å²) in [6, 6.07) is 7.82. The lowest BCUT2D eigenvalue weighted by molar-refractivity contribution is 0.107. The maximum Gasteiger partial charge on any atom is 0.318 e. The van der Waals surface area contributed by atoms with Crippen LogP contribution in [0.4, 0.5) is 13.2 Å². The lowest BCUT2D eigenvalue weighted by Crippen LogP contribution is -2.43. The summed E-state index contributed by atoms with van der Waals surface area (Å²) in [6.45, 7) is 1.40. The van der Waals surface area contributed by atoms with Gasteiger partial charge in [-0.1, -0.05) is 47.5 Å². The summed E-state index contributed by atoms with van der Waals surface area (Å²) in [5.74, 6) is -1.37. The van der Waals surface area contributed by atoms with Gasteiger partial charge in [-0.25, -0.2) is 13.2 Å². The van der Waals surface area contributed by atoms with Crippen LogP contribution in [-0.4, -0.2) is 51.3 Å². The largest absolute Gasteiger partial charge is 0.461 e. The summed E-state index contributed by atoms with van der Waals surface area (Å²) in [5.41, 5.74) is -0.210. The summed E-state index contributed by atoms with van der Waals surface area (Å²) >= 11 is 12.6. The molecule has 6 rings (SSSR count). The molecule has 2 fully saturated rings. The third-order valence-corrected chi connectivity index (χ3v) is 7.70. The molecule has 2 aromatic carbocycles. The molecule has 0 aliphatic carbocycles. The van der Waals surface area contributed by atoms with Crippen molar-refractivity contribution in [1.29, 1.82) is 0 Å². The van der Waals surface area contributed by atoms with Gasteiger partial charge in [0.15, 0.2) is 5.82 Å². The zero-order chi connectivity index (χ0) is 24.3. The van der Waals surface area contributed by atoms with Gasteiger partial charge >= 0.3 is 6.01 Å². The van der Waals surface area contributed by atoms with Crippen molar-refractivity contribution in [3.05, 3.63) is 58.3 Å². The van der Waals surface area contributed by atoms with E-state index in [9.17, 15) is 8.78 Å². The molecule has 0 amide bonds. The monoisotopic (exact) mass is 518 g/mol. The van der Waals surface area contributed by atoms with Crippen LogP contribution >= 0.6 is 23.2 Å². The zero-order valence-electron chi connectivity index (χ0n) is 18.4. The molecule has 0 unspecified atom stereocenters. The number of rotatable bonds is 4. The van der Waals surface area contributed by atoms with Gasteiger partial charge in [0, 0.05) is 30.1 Å². The minimum Gasteiger partial charge on any atom is -0.461 e. The Balaban J connectivity index is 1.42. The standard InChI is InChI=1S/C25H19Cl2F3N4O/c26-19-17(29)6-5-13-3-1-4-15(18(13)19)21-20(30)22-16(10-31-21)23(27)33-24(32-22)35-12-25-7-2-8-34(25)11-14(28)9-25/h1,3-6,10,14H,2,7-9,11-12H2/t14-,25+/m1/s1. The van der Waals surface area contributed by atoms with Crippen molar-refractivity contribution in [2.75, 3.05) is 19.7 Å². The minimum absolute atomic E-state index is 0.0134. The molecular weight excluding hydrogens is 500 g/mol. The Bertz CT molecular complexity index is 1490.